The molecule has 3 N–H and O–H groups in total. The maximum absolute atomic E-state index is 10.7. The van der Waals surface area contributed by atoms with E-state index >= 15 is 0 Å². The Morgan fingerprint density at radius 3 is 2.50 bits per heavy atom. The van der Waals surface area contributed by atoms with E-state index in [9.17, 15) is 4.79 Å². The molecule has 1 saturated carbocycles. The summed E-state index contributed by atoms with van der Waals surface area (Å²) in [5, 5.41) is 3.38. The number of rotatable bonds is 5. The van der Waals surface area contributed by atoms with Gasteiger partial charge in [0.2, 0.25) is 5.91 Å². The number of hydrogen-bond donors (Lipinski definition) is 2. The van der Waals surface area contributed by atoms with Crippen LogP contribution in [0.3, 0.4) is 0 Å². The highest BCUT2D eigenvalue weighted by Crippen LogP contribution is 2.28. The van der Waals surface area contributed by atoms with Crippen molar-refractivity contribution in [1.82, 2.24) is 5.32 Å². The highest BCUT2D eigenvalue weighted by Gasteiger charge is 2.33. The molecule has 0 radical (unpaired) electrons. The second-order valence-corrected chi connectivity index (χ2v) is 5.76. The van der Waals surface area contributed by atoms with Gasteiger partial charge >= 0.3 is 0 Å². The molecule has 1 unspecified atom stereocenters. The van der Waals surface area contributed by atoms with Crippen LogP contribution in [-0.2, 0) is 9.53 Å². The third-order valence-corrected chi connectivity index (χ3v) is 2.64. The van der Waals surface area contributed by atoms with Gasteiger partial charge in [0.15, 0.2) is 0 Å². The smallest absolute Gasteiger partial charge is 0.218 e. The molecule has 4 nitrogen and oxygen atoms in total. The number of amides is 1. The number of primary amides is 1. The fourth-order valence-corrected chi connectivity index (χ4v) is 2.06. The normalized spacial score (nSPS) is 27.2. The predicted octanol–water partition coefficient (Wildman–Crippen LogP) is 1.19. The van der Waals surface area contributed by atoms with Gasteiger partial charge in [-0.2, -0.15) is 0 Å². The summed E-state index contributed by atoms with van der Waals surface area (Å²) in [5.74, 6) is -0.248. The number of carbonyl (C=O) groups is 1. The Kier molecular flexibility index (Phi) is 4.33. The molecule has 0 saturated heterocycles. The highest BCUT2D eigenvalue weighted by molar-refractivity contribution is 5.74. The molecule has 1 rings (SSSR count). The van der Waals surface area contributed by atoms with Crippen LogP contribution < -0.4 is 11.1 Å². The van der Waals surface area contributed by atoms with Crippen molar-refractivity contribution in [2.75, 3.05) is 0 Å². The predicted molar refractivity (Wildman–Crippen MR) is 64.1 cm³/mol. The molecule has 0 bridgehead atoms. The molecule has 0 aromatic carbocycles. The first kappa shape index (κ1) is 13.5. The first-order valence-electron chi connectivity index (χ1n) is 5.98. The van der Waals surface area contributed by atoms with Crippen molar-refractivity contribution in [2.24, 2.45) is 5.73 Å². The number of carbonyl (C=O) groups excluding carboxylic acids is 1. The van der Waals surface area contributed by atoms with Gasteiger partial charge in [-0.1, -0.05) is 0 Å². The Bertz CT molecular complexity index is 242. The van der Waals surface area contributed by atoms with Crippen LogP contribution in [-0.4, -0.2) is 29.7 Å². The summed E-state index contributed by atoms with van der Waals surface area (Å²) in [6.45, 7) is 8.21. The Labute approximate surface area is 97.9 Å². The molecule has 4 heteroatoms. The molecule has 1 atom stereocenters. The van der Waals surface area contributed by atoms with Crippen molar-refractivity contribution in [3.63, 3.8) is 0 Å². The summed E-state index contributed by atoms with van der Waals surface area (Å²) >= 11 is 0. The van der Waals surface area contributed by atoms with Crippen molar-refractivity contribution in [3.05, 3.63) is 0 Å². The minimum absolute atomic E-state index is 0.0610. The van der Waals surface area contributed by atoms with Crippen molar-refractivity contribution < 1.29 is 9.53 Å². The topological polar surface area (TPSA) is 64.4 Å². The number of ether oxygens (including phenoxy) is 1. The van der Waals surface area contributed by atoms with E-state index < -0.39 is 0 Å². The number of hydrogen-bond acceptors (Lipinski definition) is 3. The maximum atomic E-state index is 10.7. The van der Waals surface area contributed by atoms with Gasteiger partial charge in [-0.3, -0.25) is 4.79 Å². The van der Waals surface area contributed by atoms with Gasteiger partial charge in [0.25, 0.3) is 0 Å². The zero-order valence-corrected chi connectivity index (χ0v) is 10.7. The van der Waals surface area contributed by atoms with E-state index in [1.165, 1.54) is 0 Å². The Hall–Kier alpha value is -0.610. The summed E-state index contributed by atoms with van der Waals surface area (Å²) in [6, 6.07) is 0.639. The van der Waals surface area contributed by atoms with E-state index in [1.807, 2.05) is 6.92 Å². The largest absolute Gasteiger partial charge is 0.373 e. The van der Waals surface area contributed by atoms with Gasteiger partial charge in [0, 0.05) is 18.5 Å². The quantitative estimate of drug-likeness (QED) is 0.743. The lowest BCUT2D eigenvalue weighted by Gasteiger charge is -2.40. The van der Waals surface area contributed by atoms with E-state index in [0.29, 0.717) is 18.6 Å². The monoisotopic (exact) mass is 228 g/mol. The Morgan fingerprint density at radius 1 is 1.50 bits per heavy atom. The van der Waals surface area contributed by atoms with Gasteiger partial charge < -0.3 is 15.8 Å². The third kappa shape index (κ3) is 4.94. The lowest BCUT2D eigenvalue weighted by molar-refractivity contribution is -0.118. The molecular weight excluding hydrogens is 204 g/mol. The Morgan fingerprint density at radius 2 is 2.06 bits per heavy atom. The minimum atomic E-state index is -0.248. The van der Waals surface area contributed by atoms with Gasteiger partial charge in [-0.15, -0.1) is 0 Å². The Balaban J connectivity index is 2.14. The van der Waals surface area contributed by atoms with E-state index in [2.05, 4.69) is 26.1 Å². The van der Waals surface area contributed by atoms with E-state index in [-0.39, 0.29) is 17.6 Å². The van der Waals surface area contributed by atoms with E-state index in [1.54, 1.807) is 0 Å². The summed E-state index contributed by atoms with van der Waals surface area (Å²) in [6.07, 6.45) is 2.82. The lowest BCUT2D eigenvalue weighted by atomic mass is 9.88. The molecule has 0 aliphatic heterocycles. The standard InChI is InChI=1S/C12H24N2O2/c1-8(5-11(13)15)14-9-6-10(7-9)16-12(2,3)4/h8-10,14H,5-7H2,1-4H3,(H2,13,15). The SMILES string of the molecule is CC(CC(N)=O)NC1CC(OC(C)(C)C)C1. The lowest BCUT2D eigenvalue weighted by Crippen LogP contribution is -2.50. The molecule has 0 aromatic rings. The van der Waals surface area contributed by atoms with Gasteiger partial charge in [0.1, 0.15) is 0 Å². The fraction of sp³-hybridized carbons (Fsp3) is 0.917. The average molecular weight is 228 g/mol. The number of nitrogens with one attached hydrogen (secondary N) is 1. The zero-order valence-electron chi connectivity index (χ0n) is 10.7. The fourth-order valence-electron chi connectivity index (χ4n) is 2.06. The third-order valence-electron chi connectivity index (χ3n) is 2.64. The average Bonchev–Trinajstić information content (AvgIpc) is 1.95. The molecule has 1 aliphatic carbocycles. The van der Waals surface area contributed by atoms with Gasteiger partial charge in [-0.05, 0) is 40.5 Å². The van der Waals surface area contributed by atoms with Gasteiger partial charge in [0.05, 0.1) is 11.7 Å². The zero-order chi connectivity index (χ0) is 12.3. The first-order valence-corrected chi connectivity index (χ1v) is 5.98. The van der Waals surface area contributed by atoms with Crippen LogP contribution >= 0.6 is 0 Å². The minimum Gasteiger partial charge on any atom is -0.373 e. The van der Waals surface area contributed by atoms with Crippen LogP contribution in [0.2, 0.25) is 0 Å². The molecule has 94 valence electrons. The van der Waals surface area contributed by atoms with Crippen molar-refractivity contribution in [1.29, 1.82) is 0 Å². The summed E-state index contributed by atoms with van der Waals surface area (Å²) in [4.78, 5) is 10.7. The summed E-state index contributed by atoms with van der Waals surface area (Å²) in [5.41, 5.74) is 5.07. The van der Waals surface area contributed by atoms with Crippen LogP contribution in [0.15, 0.2) is 0 Å². The summed E-state index contributed by atoms with van der Waals surface area (Å²) in [7, 11) is 0. The molecule has 0 aromatic heterocycles. The van der Waals surface area contributed by atoms with Crippen LogP contribution in [0.4, 0.5) is 0 Å². The van der Waals surface area contributed by atoms with E-state index in [0.717, 1.165) is 12.8 Å². The van der Waals surface area contributed by atoms with E-state index in [4.69, 9.17) is 10.5 Å². The molecule has 16 heavy (non-hydrogen) atoms. The second kappa shape index (κ2) is 5.15. The van der Waals surface area contributed by atoms with Crippen molar-refractivity contribution >= 4 is 5.91 Å². The van der Waals surface area contributed by atoms with Crippen LogP contribution in [0, 0.1) is 0 Å². The molecule has 0 heterocycles. The van der Waals surface area contributed by atoms with Crippen LogP contribution in [0.25, 0.3) is 0 Å². The highest BCUT2D eigenvalue weighted by atomic mass is 16.5. The molecule has 0 spiro atoms. The molecule has 1 amide bonds. The molecule has 1 aliphatic rings. The van der Waals surface area contributed by atoms with Crippen LogP contribution in [0.1, 0.15) is 47.0 Å². The van der Waals surface area contributed by atoms with Crippen molar-refractivity contribution in [3.8, 4) is 0 Å². The maximum Gasteiger partial charge on any atom is 0.218 e. The molecule has 1 fully saturated rings. The number of nitrogens with two attached hydrogens (primary N) is 1. The summed E-state index contributed by atoms with van der Waals surface area (Å²) < 4.78 is 5.83. The first-order chi connectivity index (χ1) is 7.26. The molecular formula is C12H24N2O2. The van der Waals surface area contributed by atoms with Crippen LogP contribution in [0.5, 0.6) is 0 Å². The second-order valence-electron chi connectivity index (χ2n) is 5.76. The van der Waals surface area contributed by atoms with Gasteiger partial charge in [-0.25, -0.2) is 0 Å². The van der Waals surface area contributed by atoms with Crippen molar-refractivity contribution in [2.45, 2.75) is 70.7 Å².